The van der Waals surface area contributed by atoms with E-state index >= 15 is 0 Å². The second kappa shape index (κ2) is 6.51. The fourth-order valence-electron chi connectivity index (χ4n) is 2.15. The summed E-state index contributed by atoms with van der Waals surface area (Å²) in [5.41, 5.74) is 0.921. The van der Waals surface area contributed by atoms with E-state index in [4.69, 9.17) is 11.6 Å². The molecule has 2 rings (SSSR count). The van der Waals surface area contributed by atoms with Gasteiger partial charge in [-0.1, -0.05) is 11.6 Å². The number of halogens is 1. The molecule has 1 aromatic rings. The summed E-state index contributed by atoms with van der Waals surface area (Å²) in [5, 5.41) is 3.12. The van der Waals surface area contributed by atoms with E-state index in [1.165, 1.54) is 6.26 Å². The molecular weight excluding hydrogens is 318 g/mol. The minimum absolute atomic E-state index is 0.516. The Kier molecular flexibility index (Phi) is 5.17. The maximum Gasteiger partial charge on any atom is 0.169 e. The van der Waals surface area contributed by atoms with E-state index in [0.717, 1.165) is 11.3 Å². The van der Waals surface area contributed by atoms with Crippen molar-refractivity contribution < 1.29 is 8.42 Å². The average Bonchev–Trinajstić information content (AvgIpc) is 2.41. The zero-order valence-corrected chi connectivity index (χ0v) is 13.9. The molecule has 0 radical (unpaired) electrons. The van der Waals surface area contributed by atoms with Gasteiger partial charge in [0.2, 0.25) is 0 Å². The number of hydrogen-bond donors (Lipinski definition) is 1. The number of aromatic nitrogens is 1. The molecule has 1 fully saturated rings. The summed E-state index contributed by atoms with van der Waals surface area (Å²) in [6, 6.07) is 1.87. The van der Waals surface area contributed by atoms with Crippen LogP contribution in [0, 0.1) is 0 Å². The van der Waals surface area contributed by atoms with Crippen LogP contribution in [0.1, 0.15) is 5.56 Å². The Morgan fingerprint density at radius 2 is 2.35 bits per heavy atom. The fraction of sp³-hybridized carbons (Fsp3) is 0.583. The van der Waals surface area contributed by atoms with Crippen molar-refractivity contribution in [2.45, 2.75) is 11.9 Å². The average molecular weight is 336 g/mol. The van der Waals surface area contributed by atoms with Gasteiger partial charge in [0.1, 0.15) is 11.2 Å². The van der Waals surface area contributed by atoms with Crippen molar-refractivity contribution >= 4 is 39.0 Å². The predicted molar refractivity (Wildman–Crippen MR) is 85.3 cm³/mol. The van der Waals surface area contributed by atoms with Crippen molar-refractivity contribution in [3.05, 3.63) is 22.8 Å². The molecule has 5 nitrogen and oxygen atoms in total. The minimum atomic E-state index is -3.14. The van der Waals surface area contributed by atoms with Crippen LogP contribution in [0.5, 0.6) is 0 Å². The van der Waals surface area contributed by atoms with Crippen LogP contribution in [0.3, 0.4) is 0 Å². The quantitative estimate of drug-likeness (QED) is 0.897. The SMILES string of the molecule is CNCc1cc(N2CCSCC2S(C)(=O)=O)ncc1Cl. The summed E-state index contributed by atoms with van der Waals surface area (Å²) in [6.07, 6.45) is 2.87. The number of anilines is 1. The van der Waals surface area contributed by atoms with Gasteiger partial charge in [-0.15, -0.1) is 0 Å². The Bertz CT molecular complexity index is 580. The number of sulfone groups is 1. The lowest BCUT2D eigenvalue weighted by molar-refractivity contribution is 0.583. The Labute approximate surface area is 129 Å². The normalized spacial score (nSPS) is 20.1. The zero-order valence-electron chi connectivity index (χ0n) is 11.5. The van der Waals surface area contributed by atoms with Crippen LogP contribution in [-0.2, 0) is 16.4 Å². The van der Waals surface area contributed by atoms with Crippen molar-refractivity contribution in [3.8, 4) is 0 Å². The first-order valence-corrected chi connectivity index (χ1v) is 9.74. The highest BCUT2D eigenvalue weighted by molar-refractivity contribution is 8.01. The van der Waals surface area contributed by atoms with Crippen LogP contribution in [0.2, 0.25) is 5.02 Å². The predicted octanol–water partition coefficient (Wildman–Crippen LogP) is 1.38. The highest BCUT2D eigenvalue weighted by Crippen LogP contribution is 2.27. The molecule has 1 unspecified atom stereocenters. The van der Waals surface area contributed by atoms with E-state index in [1.54, 1.807) is 18.0 Å². The van der Waals surface area contributed by atoms with Gasteiger partial charge >= 0.3 is 0 Å². The van der Waals surface area contributed by atoms with Gasteiger partial charge in [0.05, 0.1) is 5.02 Å². The van der Waals surface area contributed by atoms with Crippen molar-refractivity contribution in [1.82, 2.24) is 10.3 Å². The van der Waals surface area contributed by atoms with Crippen LogP contribution < -0.4 is 10.2 Å². The monoisotopic (exact) mass is 335 g/mol. The van der Waals surface area contributed by atoms with Crippen LogP contribution in [0.4, 0.5) is 5.82 Å². The molecule has 1 aromatic heterocycles. The van der Waals surface area contributed by atoms with E-state index < -0.39 is 15.2 Å². The number of pyridine rings is 1. The number of hydrogen-bond acceptors (Lipinski definition) is 6. The van der Waals surface area contributed by atoms with Gasteiger partial charge < -0.3 is 10.2 Å². The molecule has 0 amide bonds. The van der Waals surface area contributed by atoms with E-state index in [2.05, 4.69) is 10.3 Å². The van der Waals surface area contributed by atoms with E-state index in [-0.39, 0.29) is 0 Å². The molecule has 20 heavy (non-hydrogen) atoms. The second-order valence-electron chi connectivity index (χ2n) is 4.72. The summed E-state index contributed by atoms with van der Waals surface area (Å²) < 4.78 is 23.9. The third kappa shape index (κ3) is 3.58. The summed E-state index contributed by atoms with van der Waals surface area (Å²) >= 11 is 7.76. The van der Waals surface area contributed by atoms with Crippen molar-refractivity contribution in [2.24, 2.45) is 0 Å². The molecule has 1 N–H and O–H groups in total. The highest BCUT2D eigenvalue weighted by atomic mass is 35.5. The molecule has 0 aromatic carbocycles. The lowest BCUT2D eigenvalue weighted by atomic mass is 10.2. The standard InChI is InChI=1S/C12H18ClN3O2S2/c1-14-6-9-5-11(15-7-10(9)13)16-3-4-19-8-12(16)20(2,17)18/h5,7,12,14H,3-4,6,8H2,1-2H3. The van der Waals surface area contributed by atoms with Crippen LogP contribution in [-0.4, -0.2) is 50.1 Å². The number of thioether (sulfide) groups is 1. The molecule has 2 heterocycles. The summed E-state index contributed by atoms with van der Waals surface area (Å²) in [6.45, 7) is 1.30. The maximum atomic E-state index is 11.9. The molecule has 0 aliphatic carbocycles. The summed E-state index contributed by atoms with van der Waals surface area (Å²) in [7, 11) is -1.30. The van der Waals surface area contributed by atoms with Gasteiger partial charge in [-0.25, -0.2) is 13.4 Å². The van der Waals surface area contributed by atoms with Gasteiger partial charge in [0, 0.05) is 37.0 Å². The number of rotatable bonds is 4. The Morgan fingerprint density at radius 1 is 1.60 bits per heavy atom. The largest absolute Gasteiger partial charge is 0.338 e. The smallest absolute Gasteiger partial charge is 0.169 e. The minimum Gasteiger partial charge on any atom is -0.338 e. The zero-order chi connectivity index (χ0) is 14.8. The van der Waals surface area contributed by atoms with Crippen LogP contribution >= 0.6 is 23.4 Å². The topological polar surface area (TPSA) is 62.3 Å². The Morgan fingerprint density at radius 3 is 3.00 bits per heavy atom. The van der Waals surface area contributed by atoms with Gasteiger partial charge in [0.25, 0.3) is 0 Å². The van der Waals surface area contributed by atoms with Crippen LogP contribution in [0.25, 0.3) is 0 Å². The van der Waals surface area contributed by atoms with Crippen molar-refractivity contribution in [1.29, 1.82) is 0 Å². The molecule has 112 valence electrons. The molecule has 1 aliphatic rings. The lowest BCUT2D eigenvalue weighted by Crippen LogP contribution is -2.47. The first-order chi connectivity index (χ1) is 9.43. The molecular formula is C12H18ClN3O2S2. The molecule has 0 spiro atoms. The molecule has 1 aliphatic heterocycles. The van der Waals surface area contributed by atoms with Gasteiger partial charge in [-0.05, 0) is 18.7 Å². The number of nitrogens with zero attached hydrogens (tertiary/aromatic N) is 2. The first-order valence-electron chi connectivity index (χ1n) is 6.25. The van der Waals surface area contributed by atoms with Gasteiger partial charge in [-0.2, -0.15) is 11.8 Å². The molecule has 1 atom stereocenters. The molecule has 0 bridgehead atoms. The molecule has 8 heteroatoms. The van der Waals surface area contributed by atoms with E-state index in [1.807, 2.05) is 18.0 Å². The van der Waals surface area contributed by atoms with Crippen molar-refractivity contribution in [2.75, 3.05) is 36.3 Å². The Hall–Kier alpha value is -0.500. The fourth-order valence-corrected chi connectivity index (χ4v) is 5.15. The maximum absolute atomic E-state index is 11.9. The third-order valence-electron chi connectivity index (χ3n) is 3.16. The first kappa shape index (κ1) is 15.9. The second-order valence-corrected chi connectivity index (χ2v) is 8.48. The van der Waals surface area contributed by atoms with Crippen molar-refractivity contribution in [3.63, 3.8) is 0 Å². The van der Waals surface area contributed by atoms with Gasteiger partial charge in [0.15, 0.2) is 9.84 Å². The lowest BCUT2D eigenvalue weighted by Gasteiger charge is -2.35. The van der Waals surface area contributed by atoms with Crippen LogP contribution in [0.15, 0.2) is 12.3 Å². The molecule has 0 saturated carbocycles. The van der Waals surface area contributed by atoms with E-state index in [9.17, 15) is 8.42 Å². The van der Waals surface area contributed by atoms with Gasteiger partial charge in [-0.3, -0.25) is 0 Å². The number of nitrogens with one attached hydrogen (secondary N) is 1. The Balaban J connectivity index is 2.35. The highest BCUT2D eigenvalue weighted by Gasteiger charge is 2.32. The third-order valence-corrected chi connectivity index (χ3v) is 6.14. The molecule has 1 saturated heterocycles. The summed E-state index contributed by atoms with van der Waals surface area (Å²) in [4.78, 5) is 6.16. The van der Waals surface area contributed by atoms with E-state index in [0.29, 0.717) is 29.7 Å². The summed E-state index contributed by atoms with van der Waals surface area (Å²) in [5.74, 6) is 2.15.